The molecule has 1 aliphatic heterocycles. The van der Waals surface area contributed by atoms with Crippen molar-refractivity contribution in [2.45, 2.75) is 19.5 Å². The van der Waals surface area contributed by atoms with Crippen LogP contribution in [0.25, 0.3) is 5.70 Å². The van der Waals surface area contributed by atoms with Gasteiger partial charge < -0.3 is 10.3 Å². The van der Waals surface area contributed by atoms with E-state index >= 15 is 0 Å². The second-order valence-corrected chi connectivity index (χ2v) is 6.91. The SMILES string of the molecule is CC1=C(c2ccc(Cl)cc2)[N+](=O)C(C)(c2ccc(Br)cc2)N1[O-]. The van der Waals surface area contributed by atoms with Gasteiger partial charge in [0.05, 0.1) is 16.0 Å². The Labute approximate surface area is 147 Å². The lowest BCUT2D eigenvalue weighted by Crippen LogP contribution is -2.41. The molecule has 1 heterocycles. The van der Waals surface area contributed by atoms with E-state index in [-0.39, 0.29) is 0 Å². The summed E-state index contributed by atoms with van der Waals surface area (Å²) in [6.07, 6.45) is 0. The molecular formula is C17H14BrClN2O2. The maximum Gasteiger partial charge on any atom is 0.306 e. The normalized spacial score (nSPS) is 21.3. The van der Waals surface area contributed by atoms with E-state index in [2.05, 4.69) is 15.9 Å². The van der Waals surface area contributed by atoms with Gasteiger partial charge in [0.2, 0.25) is 0 Å². The molecule has 1 unspecified atom stereocenters. The monoisotopic (exact) mass is 392 g/mol. The fourth-order valence-corrected chi connectivity index (χ4v) is 3.19. The van der Waals surface area contributed by atoms with Crippen LogP contribution in [0, 0.1) is 10.1 Å². The van der Waals surface area contributed by atoms with Crippen LogP contribution < -0.4 is 0 Å². The predicted molar refractivity (Wildman–Crippen MR) is 94.4 cm³/mol. The zero-order chi connectivity index (χ0) is 16.8. The summed E-state index contributed by atoms with van der Waals surface area (Å²) in [6.45, 7) is 3.29. The van der Waals surface area contributed by atoms with Crippen LogP contribution in [-0.4, -0.2) is 9.82 Å². The number of benzene rings is 2. The lowest BCUT2D eigenvalue weighted by Gasteiger charge is -2.35. The highest BCUT2D eigenvalue weighted by Crippen LogP contribution is 2.44. The molecule has 23 heavy (non-hydrogen) atoms. The van der Waals surface area contributed by atoms with E-state index in [1.807, 2.05) is 12.1 Å². The molecule has 0 aliphatic carbocycles. The average molecular weight is 394 g/mol. The van der Waals surface area contributed by atoms with Crippen LogP contribution in [0.4, 0.5) is 0 Å². The molecular weight excluding hydrogens is 380 g/mol. The first kappa shape index (κ1) is 16.2. The topological polar surface area (TPSA) is 46.4 Å². The quantitative estimate of drug-likeness (QED) is 0.654. The smallest absolute Gasteiger partial charge is 0.306 e. The van der Waals surface area contributed by atoms with E-state index in [1.54, 1.807) is 50.2 Å². The minimum Gasteiger partial charge on any atom is -0.753 e. The van der Waals surface area contributed by atoms with Crippen molar-refractivity contribution < 1.29 is 4.76 Å². The summed E-state index contributed by atoms with van der Waals surface area (Å²) >= 11 is 9.26. The zero-order valence-corrected chi connectivity index (χ0v) is 14.9. The molecule has 0 fully saturated rings. The van der Waals surface area contributed by atoms with E-state index < -0.39 is 5.66 Å². The molecule has 2 aromatic rings. The van der Waals surface area contributed by atoms with Gasteiger partial charge in [0.1, 0.15) is 0 Å². The largest absolute Gasteiger partial charge is 0.753 e. The van der Waals surface area contributed by atoms with Crippen molar-refractivity contribution in [3.63, 3.8) is 0 Å². The van der Waals surface area contributed by atoms with Crippen molar-refractivity contribution >= 4 is 33.2 Å². The molecule has 0 bridgehead atoms. The van der Waals surface area contributed by atoms with Crippen molar-refractivity contribution in [3.8, 4) is 0 Å². The number of hydroxylamine groups is 2. The summed E-state index contributed by atoms with van der Waals surface area (Å²) in [5.41, 5.74) is 0.715. The molecule has 4 nitrogen and oxygen atoms in total. The van der Waals surface area contributed by atoms with E-state index in [1.165, 1.54) is 0 Å². The van der Waals surface area contributed by atoms with Gasteiger partial charge in [-0.2, -0.15) is 0 Å². The summed E-state index contributed by atoms with van der Waals surface area (Å²) in [4.78, 5) is 13.0. The number of hydrogen-bond donors (Lipinski definition) is 0. The second-order valence-electron chi connectivity index (χ2n) is 5.56. The number of nitrogens with zero attached hydrogens (tertiary/aromatic N) is 2. The fraction of sp³-hybridized carbons (Fsp3) is 0.176. The summed E-state index contributed by atoms with van der Waals surface area (Å²) in [5, 5.41) is 14.1. The minimum atomic E-state index is -1.33. The molecule has 0 radical (unpaired) electrons. The van der Waals surface area contributed by atoms with E-state index in [9.17, 15) is 10.1 Å². The van der Waals surface area contributed by atoms with Crippen LogP contribution in [0.5, 0.6) is 0 Å². The highest BCUT2D eigenvalue weighted by atomic mass is 79.9. The van der Waals surface area contributed by atoms with Gasteiger partial charge in [-0.05, 0) is 55.5 Å². The maximum atomic E-state index is 13.0. The van der Waals surface area contributed by atoms with Gasteiger partial charge in [0.15, 0.2) is 0 Å². The standard InChI is InChI=1S/C17H14BrClN2O2/c1-11-16(12-3-9-15(19)10-4-12)21(23)17(2,20(11)22)13-5-7-14(18)8-6-13/h3-10H,1-2H3. The third kappa shape index (κ3) is 2.49. The zero-order valence-electron chi connectivity index (χ0n) is 12.6. The van der Waals surface area contributed by atoms with E-state index in [0.717, 1.165) is 14.3 Å². The van der Waals surface area contributed by atoms with Gasteiger partial charge in [-0.1, -0.05) is 27.5 Å². The number of halogens is 2. The van der Waals surface area contributed by atoms with Crippen LogP contribution >= 0.6 is 27.5 Å². The van der Waals surface area contributed by atoms with Crippen molar-refractivity contribution in [2.24, 2.45) is 0 Å². The summed E-state index contributed by atoms with van der Waals surface area (Å²) in [6, 6.07) is 14.1. The molecule has 6 heteroatoms. The van der Waals surface area contributed by atoms with Gasteiger partial charge in [0.25, 0.3) is 5.70 Å². The van der Waals surface area contributed by atoms with Crippen molar-refractivity contribution in [1.29, 1.82) is 0 Å². The molecule has 0 spiro atoms. The molecule has 118 valence electrons. The molecule has 0 aromatic heterocycles. The lowest BCUT2D eigenvalue weighted by molar-refractivity contribution is -0.565. The van der Waals surface area contributed by atoms with Gasteiger partial charge >= 0.3 is 5.66 Å². The second kappa shape index (κ2) is 5.74. The third-order valence-corrected chi connectivity index (χ3v) is 4.93. The highest BCUT2D eigenvalue weighted by Gasteiger charge is 2.54. The number of nitroso groups, excluding NO2 is 1. The first-order chi connectivity index (χ1) is 10.9. The Hall–Kier alpha value is -1.69. The molecule has 0 N–H and O–H groups in total. The van der Waals surface area contributed by atoms with Crippen LogP contribution in [0.2, 0.25) is 5.02 Å². The lowest BCUT2D eigenvalue weighted by atomic mass is 10.0. The Balaban J connectivity index is 2.09. The number of rotatable bonds is 2. The average Bonchev–Trinajstić information content (AvgIpc) is 2.71. The highest BCUT2D eigenvalue weighted by molar-refractivity contribution is 9.10. The van der Waals surface area contributed by atoms with Crippen LogP contribution in [-0.2, 0) is 5.66 Å². The number of hydrogen-bond acceptors (Lipinski definition) is 3. The Morgan fingerprint density at radius 3 is 2.26 bits per heavy atom. The first-order valence-electron chi connectivity index (χ1n) is 7.03. The van der Waals surface area contributed by atoms with Crippen molar-refractivity contribution in [2.75, 3.05) is 0 Å². The Kier molecular flexibility index (Phi) is 4.04. The fourth-order valence-electron chi connectivity index (χ4n) is 2.80. The third-order valence-electron chi connectivity index (χ3n) is 4.15. The number of allylic oxidation sites excluding steroid dienone is 1. The van der Waals surface area contributed by atoms with Gasteiger partial charge in [-0.3, -0.25) is 0 Å². The van der Waals surface area contributed by atoms with Crippen LogP contribution in [0.3, 0.4) is 0 Å². The Morgan fingerprint density at radius 2 is 1.70 bits per heavy atom. The van der Waals surface area contributed by atoms with Gasteiger partial charge in [-0.15, -0.1) is 0 Å². The molecule has 0 amide bonds. The molecule has 2 aromatic carbocycles. The summed E-state index contributed by atoms with van der Waals surface area (Å²) < 4.78 is 1.67. The van der Waals surface area contributed by atoms with Gasteiger partial charge in [0, 0.05) is 26.9 Å². The van der Waals surface area contributed by atoms with E-state index in [4.69, 9.17) is 11.6 Å². The molecule has 3 rings (SSSR count). The van der Waals surface area contributed by atoms with Crippen LogP contribution in [0.1, 0.15) is 25.0 Å². The van der Waals surface area contributed by atoms with Crippen LogP contribution in [0.15, 0.2) is 58.7 Å². The minimum absolute atomic E-state index is 0.363. The Morgan fingerprint density at radius 1 is 1.13 bits per heavy atom. The molecule has 1 atom stereocenters. The van der Waals surface area contributed by atoms with Crippen molar-refractivity contribution in [1.82, 2.24) is 5.06 Å². The Bertz CT molecular complexity index is 802. The van der Waals surface area contributed by atoms with Crippen molar-refractivity contribution in [3.05, 3.63) is 85.0 Å². The van der Waals surface area contributed by atoms with E-state index in [0.29, 0.717) is 27.5 Å². The predicted octanol–water partition coefficient (Wildman–Crippen LogP) is 5.26. The molecule has 0 saturated carbocycles. The molecule has 1 aliphatic rings. The van der Waals surface area contributed by atoms with Gasteiger partial charge in [-0.25, -0.2) is 0 Å². The maximum absolute atomic E-state index is 13.0. The summed E-state index contributed by atoms with van der Waals surface area (Å²) in [5.74, 6) is 0. The first-order valence-corrected chi connectivity index (χ1v) is 8.20. The molecule has 0 saturated heterocycles. The summed E-state index contributed by atoms with van der Waals surface area (Å²) in [7, 11) is 0.